The molecule has 0 aromatic heterocycles. The Balaban J connectivity index is 1.92. The second-order valence-electron chi connectivity index (χ2n) is 11.9. The first-order valence-electron chi connectivity index (χ1n) is 12.7. The van der Waals surface area contributed by atoms with Crippen LogP contribution in [-0.4, -0.2) is 10.2 Å². The lowest BCUT2D eigenvalue weighted by Gasteiger charge is -2.34. The number of hydrogen-bond donors (Lipinski definition) is 2. The molecule has 0 bridgehead atoms. The van der Waals surface area contributed by atoms with Gasteiger partial charge in [0.1, 0.15) is 17.3 Å². The van der Waals surface area contributed by atoms with Crippen LogP contribution in [-0.2, 0) is 5.41 Å². The number of halogens is 1. The first-order chi connectivity index (χ1) is 17.4. The molecule has 5 rings (SSSR count). The summed E-state index contributed by atoms with van der Waals surface area (Å²) in [5, 5.41) is 26.7. The zero-order chi connectivity index (χ0) is 26.5. The molecule has 188 valence electrons. The molecule has 0 fully saturated rings. The van der Waals surface area contributed by atoms with Gasteiger partial charge >= 0.3 is 0 Å². The zero-order valence-electron chi connectivity index (χ0n) is 22.1. The van der Waals surface area contributed by atoms with Crippen molar-refractivity contribution in [3.63, 3.8) is 0 Å². The fraction of sp³-hybridized carbons (Fsp3) is 0.235. The predicted molar refractivity (Wildman–Crippen MR) is 153 cm³/mol. The third-order valence-electron chi connectivity index (χ3n) is 7.15. The molecular weight excluding hydrogens is 459 g/mol. The highest BCUT2D eigenvalue weighted by Gasteiger charge is 2.30. The van der Waals surface area contributed by atoms with Crippen molar-refractivity contribution in [2.24, 2.45) is 5.41 Å². The van der Waals surface area contributed by atoms with Crippen molar-refractivity contribution in [3.05, 3.63) is 96.3 Å². The van der Waals surface area contributed by atoms with E-state index in [1.54, 1.807) is 0 Å². The summed E-state index contributed by atoms with van der Waals surface area (Å²) in [4.78, 5) is 0. The molecule has 0 radical (unpaired) electrons. The van der Waals surface area contributed by atoms with Gasteiger partial charge in [0.2, 0.25) is 0 Å². The lowest BCUT2D eigenvalue weighted by molar-refractivity contribution is 0.284. The average Bonchev–Trinajstić information content (AvgIpc) is 2.83. The standard InChI is InChI=1S/C34H33FO2/c1-33(2,3)20-34(4,5)23-17-28(27-19-24(35)14-15-30(27)36)32(37)29(18-23)31-25-12-8-6-10-21(25)16-22-11-7-9-13-26(22)31/h6-19,36-37H,20H2,1-5H3. The smallest absolute Gasteiger partial charge is 0.131 e. The van der Waals surface area contributed by atoms with Gasteiger partial charge in [-0.1, -0.05) is 83.1 Å². The molecule has 0 saturated heterocycles. The molecule has 0 spiro atoms. The predicted octanol–water partition coefficient (Wildman–Crippen LogP) is 9.59. The van der Waals surface area contributed by atoms with Gasteiger partial charge in [0.25, 0.3) is 0 Å². The largest absolute Gasteiger partial charge is 0.507 e. The van der Waals surface area contributed by atoms with E-state index in [0.717, 1.165) is 39.1 Å². The van der Waals surface area contributed by atoms with Crippen LogP contribution < -0.4 is 0 Å². The van der Waals surface area contributed by atoms with E-state index in [1.807, 2.05) is 30.3 Å². The van der Waals surface area contributed by atoms with E-state index in [4.69, 9.17) is 0 Å². The number of phenolic OH excluding ortho intramolecular Hbond substituents is 2. The Bertz CT molecular complexity index is 1590. The van der Waals surface area contributed by atoms with Crippen molar-refractivity contribution in [1.82, 2.24) is 0 Å². The van der Waals surface area contributed by atoms with Crippen LogP contribution >= 0.6 is 0 Å². The second-order valence-corrected chi connectivity index (χ2v) is 11.9. The Morgan fingerprint density at radius 3 is 1.81 bits per heavy atom. The number of hydrogen-bond acceptors (Lipinski definition) is 2. The van der Waals surface area contributed by atoms with Crippen molar-refractivity contribution in [2.45, 2.75) is 46.5 Å². The van der Waals surface area contributed by atoms with Gasteiger partial charge in [-0.3, -0.25) is 0 Å². The minimum atomic E-state index is -0.469. The van der Waals surface area contributed by atoms with Gasteiger partial charge < -0.3 is 10.2 Å². The van der Waals surface area contributed by atoms with Crippen LogP contribution in [0.4, 0.5) is 4.39 Å². The molecule has 5 aromatic rings. The topological polar surface area (TPSA) is 40.5 Å². The maximum absolute atomic E-state index is 14.4. The third kappa shape index (κ3) is 4.67. The summed E-state index contributed by atoms with van der Waals surface area (Å²) in [5.74, 6) is -0.516. The normalized spacial score (nSPS) is 12.4. The molecular formula is C34H33FO2. The van der Waals surface area contributed by atoms with Gasteiger partial charge in [0.05, 0.1) is 0 Å². The summed E-state index contributed by atoms with van der Waals surface area (Å²) in [6, 6.07) is 26.3. The van der Waals surface area contributed by atoms with Crippen LogP contribution in [0.5, 0.6) is 11.5 Å². The van der Waals surface area contributed by atoms with Crippen molar-refractivity contribution in [1.29, 1.82) is 0 Å². The minimum Gasteiger partial charge on any atom is -0.507 e. The Morgan fingerprint density at radius 2 is 1.22 bits per heavy atom. The van der Waals surface area contributed by atoms with E-state index in [0.29, 0.717) is 11.1 Å². The maximum Gasteiger partial charge on any atom is 0.131 e. The van der Waals surface area contributed by atoms with Gasteiger partial charge in [0, 0.05) is 22.3 Å². The van der Waals surface area contributed by atoms with Crippen molar-refractivity contribution < 1.29 is 14.6 Å². The molecule has 5 aromatic carbocycles. The third-order valence-corrected chi connectivity index (χ3v) is 7.15. The maximum atomic E-state index is 14.4. The first kappa shape index (κ1) is 24.8. The number of benzene rings is 5. The van der Waals surface area contributed by atoms with Gasteiger partial charge in [-0.2, -0.15) is 0 Å². The van der Waals surface area contributed by atoms with E-state index in [1.165, 1.54) is 18.2 Å². The van der Waals surface area contributed by atoms with E-state index in [-0.39, 0.29) is 27.9 Å². The molecule has 0 heterocycles. The monoisotopic (exact) mass is 492 g/mol. The Morgan fingerprint density at radius 1 is 0.649 bits per heavy atom. The Hall–Kier alpha value is -3.85. The molecule has 0 aliphatic heterocycles. The van der Waals surface area contributed by atoms with Crippen LogP contribution in [0.3, 0.4) is 0 Å². The van der Waals surface area contributed by atoms with Gasteiger partial charge in [0.15, 0.2) is 0 Å². The van der Waals surface area contributed by atoms with Gasteiger partial charge in [-0.15, -0.1) is 0 Å². The molecule has 0 amide bonds. The Labute approximate surface area is 218 Å². The average molecular weight is 493 g/mol. The summed E-state index contributed by atoms with van der Waals surface area (Å²) in [7, 11) is 0. The second kappa shape index (κ2) is 8.92. The molecule has 0 atom stereocenters. The molecule has 2 N–H and O–H groups in total. The van der Waals surface area contributed by atoms with Crippen LogP contribution in [0.25, 0.3) is 43.8 Å². The molecule has 2 nitrogen and oxygen atoms in total. The number of rotatable bonds is 4. The fourth-order valence-corrected chi connectivity index (χ4v) is 5.88. The summed E-state index contributed by atoms with van der Waals surface area (Å²) in [6.45, 7) is 11.0. The van der Waals surface area contributed by atoms with Crippen LogP contribution in [0.15, 0.2) is 84.9 Å². The number of fused-ring (bicyclic) bond motifs is 2. The molecule has 3 heteroatoms. The van der Waals surface area contributed by atoms with E-state index >= 15 is 0 Å². The molecule has 37 heavy (non-hydrogen) atoms. The molecule has 0 unspecified atom stereocenters. The fourth-order valence-electron chi connectivity index (χ4n) is 5.88. The van der Waals surface area contributed by atoms with Crippen LogP contribution in [0.2, 0.25) is 0 Å². The van der Waals surface area contributed by atoms with Crippen molar-refractivity contribution >= 4 is 21.5 Å². The van der Waals surface area contributed by atoms with E-state index < -0.39 is 5.82 Å². The highest BCUT2D eigenvalue weighted by Crippen LogP contribution is 2.49. The highest BCUT2D eigenvalue weighted by atomic mass is 19.1. The number of aromatic hydroxyl groups is 2. The van der Waals surface area contributed by atoms with Gasteiger partial charge in [-0.05, 0) is 80.8 Å². The quantitative estimate of drug-likeness (QED) is 0.245. The SMILES string of the molecule is CC(C)(C)CC(C)(C)c1cc(-c2cc(F)ccc2O)c(O)c(-c2c3ccccc3cc3ccccc23)c1. The summed E-state index contributed by atoms with van der Waals surface area (Å²) in [6.07, 6.45) is 0.898. The summed E-state index contributed by atoms with van der Waals surface area (Å²) in [5.41, 5.74) is 3.13. The number of phenols is 2. The van der Waals surface area contributed by atoms with Crippen molar-refractivity contribution in [3.8, 4) is 33.8 Å². The highest BCUT2D eigenvalue weighted by molar-refractivity contribution is 6.14. The summed E-state index contributed by atoms with van der Waals surface area (Å²) >= 11 is 0. The Kier molecular flexibility index (Phi) is 5.98. The van der Waals surface area contributed by atoms with Gasteiger partial charge in [-0.25, -0.2) is 4.39 Å². The lowest BCUT2D eigenvalue weighted by Crippen LogP contribution is -2.25. The molecule has 0 aliphatic carbocycles. The van der Waals surface area contributed by atoms with E-state index in [2.05, 4.69) is 71.0 Å². The van der Waals surface area contributed by atoms with Crippen molar-refractivity contribution in [2.75, 3.05) is 0 Å². The van der Waals surface area contributed by atoms with Crippen LogP contribution in [0.1, 0.15) is 46.6 Å². The first-order valence-corrected chi connectivity index (χ1v) is 12.7. The van der Waals surface area contributed by atoms with E-state index in [9.17, 15) is 14.6 Å². The molecule has 0 saturated carbocycles. The molecule has 0 aliphatic rings. The zero-order valence-corrected chi connectivity index (χ0v) is 22.1. The summed E-state index contributed by atoms with van der Waals surface area (Å²) < 4.78 is 14.4. The minimum absolute atomic E-state index is 0.0257. The van der Waals surface area contributed by atoms with Crippen LogP contribution in [0, 0.1) is 11.2 Å². The lowest BCUT2D eigenvalue weighted by atomic mass is 9.71.